The Bertz CT molecular complexity index is 1010. The molecule has 0 radical (unpaired) electrons. The largest absolute Gasteiger partial charge is 0.462 e. The molecular formula is C20H19N3O5S. The maximum atomic E-state index is 13.1. The number of hydrogen-bond acceptors (Lipinski definition) is 7. The average Bonchev–Trinajstić information content (AvgIpc) is 3.17. The fourth-order valence-electron chi connectivity index (χ4n) is 2.80. The number of rotatable bonds is 5. The van der Waals surface area contributed by atoms with Gasteiger partial charge in [0.25, 0.3) is 11.6 Å². The van der Waals surface area contributed by atoms with Crippen molar-refractivity contribution in [3.05, 3.63) is 69.3 Å². The van der Waals surface area contributed by atoms with E-state index in [-0.39, 0.29) is 23.4 Å². The van der Waals surface area contributed by atoms with Crippen LogP contribution >= 0.6 is 11.8 Å². The monoisotopic (exact) mass is 413 g/mol. The van der Waals surface area contributed by atoms with Gasteiger partial charge in [-0.3, -0.25) is 19.8 Å². The minimum atomic E-state index is -0.713. The number of aryl methyl sites for hydroxylation is 1. The van der Waals surface area contributed by atoms with E-state index in [0.29, 0.717) is 17.5 Å². The summed E-state index contributed by atoms with van der Waals surface area (Å²) in [5.74, 6) is -0.498. The topological polar surface area (TPSA) is 102 Å². The van der Waals surface area contributed by atoms with Crippen LogP contribution in [-0.4, -0.2) is 45.8 Å². The van der Waals surface area contributed by atoms with E-state index in [1.807, 2.05) is 31.2 Å². The Morgan fingerprint density at radius 1 is 1.24 bits per heavy atom. The molecule has 0 atom stereocenters. The van der Waals surface area contributed by atoms with Gasteiger partial charge in [-0.2, -0.15) is 0 Å². The molecule has 1 aliphatic rings. The lowest BCUT2D eigenvalue weighted by Crippen LogP contribution is -2.32. The van der Waals surface area contributed by atoms with Crippen LogP contribution in [0.4, 0.5) is 11.4 Å². The first kappa shape index (κ1) is 20.5. The van der Waals surface area contributed by atoms with Crippen LogP contribution in [0.1, 0.15) is 33.2 Å². The van der Waals surface area contributed by atoms with E-state index in [1.165, 1.54) is 28.8 Å². The third kappa shape index (κ3) is 4.62. The van der Waals surface area contributed by atoms with Gasteiger partial charge in [0, 0.05) is 30.0 Å². The molecule has 0 spiro atoms. The molecule has 0 aromatic heterocycles. The van der Waals surface area contributed by atoms with Crippen molar-refractivity contribution in [2.45, 2.75) is 13.8 Å². The van der Waals surface area contributed by atoms with Crippen LogP contribution in [0.2, 0.25) is 0 Å². The maximum absolute atomic E-state index is 13.1. The Morgan fingerprint density at radius 3 is 2.66 bits per heavy atom. The molecule has 1 fully saturated rings. The third-order valence-electron chi connectivity index (χ3n) is 4.24. The van der Waals surface area contributed by atoms with E-state index in [1.54, 1.807) is 6.92 Å². The molecule has 9 heteroatoms. The van der Waals surface area contributed by atoms with Crippen molar-refractivity contribution in [3.63, 3.8) is 0 Å². The molecule has 0 N–H and O–H groups in total. The second kappa shape index (κ2) is 8.87. The van der Waals surface area contributed by atoms with Crippen molar-refractivity contribution in [2.75, 3.05) is 18.9 Å². The number of hydrogen-bond donors (Lipinski definition) is 0. The molecule has 2 aromatic carbocycles. The lowest BCUT2D eigenvalue weighted by atomic mass is 10.1. The average molecular weight is 413 g/mol. The zero-order valence-electron chi connectivity index (χ0n) is 16.0. The number of para-hydroxylation sites is 1. The molecule has 3 rings (SSSR count). The number of non-ortho nitro benzene ring substituents is 1. The van der Waals surface area contributed by atoms with Crippen LogP contribution in [0.25, 0.3) is 0 Å². The highest BCUT2D eigenvalue weighted by atomic mass is 32.2. The van der Waals surface area contributed by atoms with Gasteiger partial charge < -0.3 is 4.74 Å². The Kier molecular flexibility index (Phi) is 6.28. The lowest BCUT2D eigenvalue weighted by Gasteiger charge is -2.16. The zero-order chi connectivity index (χ0) is 21.0. The molecule has 0 aliphatic carbocycles. The minimum absolute atomic E-state index is 0.0337. The second-order valence-electron chi connectivity index (χ2n) is 6.23. The molecular weight excluding hydrogens is 394 g/mol. The molecule has 8 nitrogen and oxygen atoms in total. The maximum Gasteiger partial charge on any atom is 0.338 e. The summed E-state index contributed by atoms with van der Waals surface area (Å²) in [4.78, 5) is 41.9. The van der Waals surface area contributed by atoms with Gasteiger partial charge in [0.1, 0.15) is 0 Å². The van der Waals surface area contributed by atoms with Gasteiger partial charge in [-0.05, 0) is 31.5 Å². The van der Waals surface area contributed by atoms with E-state index in [0.717, 1.165) is 17.3 Å². The molecule has 0 bridgehead atoms. The first-order valence-electron chi connectivity index (χ1n) is 8.96. The number of aliphatic imine (C=N–C) groups is 1. The smallest absolute Gasteiger partial charge is 0.338 e. The van der Waals surface area contributed by atoms with Gasteiger partial charge in [0.2, 0.25) is 0 Å². The molecule has 1 saturated heterocycles. The van der Waals surface area contributed by atoms with Crippen LogP contribution in [0.15, 0.2) is 47.5 Å². The Hall–Kier alpha value is -3.20. The van der Waals surface area contributed by atoms with Gasteiger partial charge in [-0.25, -0.2) is 9.79 Å². The number of nitrogens with zero attached hydrogens (tertiary/aromatic N) is 3. The summed E-state index contributed by atoms with van der Waals surface area (Å²) < 4.78 is 4.92. The predicted molar refractivity (Wildman–Crippen MR) is 111 cm³/mol. The first-order valence-corrected chi connectivity index (χ1v) is 9.95. The lowest BCUT2D eigenvalue weighted by molar-refractivity contribution is -0.384. The fraction of sp³-hybridized carbons (Fsp3) is 0.250. The summed E-state index contributed by atoms with van der Waals surface area (Å²) >= 11 is 1.44. The summed E-state index contributed by atoms with van der Waals surface area (Å²) in [5.41, 5.74) is 1.39. The van der Waals surface area contributed by atoms with Gasteiger partial charge in [-0.1, -0.05) is 30.0 Å². The molecule has 0 saturated carbocycles. The number of nitro benzene ring substituents is 1. The van der Waals surface area contributed by atoms with Crippen molar-refractivity contribution < 1.29 is 19.2 Å². The van der Waals surface area contributed by atoms with Crippen LogP contribution < -0.4 is 0 Å². The molecule has 0 unspecified atom stereocenters. The van der Waals surface area contributed by atoms with E-state index >= 15 is 0 Å². The minimum Gasteiger partial charge on any atom is -0.462 e. The summed E-state index contributed by atoms with van der Waals surface area (Å²) in [7, 11) is 0. The quantitative estimate of drug-likeness (QED) is 0.418. The summed E-state index contributed by atoms with van der Waals surface area (Å²) in [6, 6.07) is 11.2. The zero-order valence-corrected chi connectivity index (χ0v) is 16.8. The third-order valence-corrected chi connectivity index (χ3v) is 5.20. The number of amides is 1. The van der Waals surface area contributed by atoms with Gasteiger partial charge in [0.15, 0.2) is 5.17 Å². The number of carbonyl (C=O) groups is 2. The molecule has 1 aliphatic heterocycles. The summed E-state index contributed by atoms with van der Waals surface area (Å²) in [5, 5.41) is 11.8. The highest BCUT2D eigenvalue weighted by Gasteiger charge is 2.29. The standard InChI is InChI=1S/C20H19N3O5S/c1-3-28-19(25)15-10-14(11-16(12-15)23(26)27)18(24)22-8-9-29-20(22)21-17-7-5-4-6-13(17)2/h4-7,10-12H,3,8-9H2,1-2H3. The van der Waals surface area contributed by atoms with Gasteiger partial charge >= 0.3 is 5.97 Å². The van der Waals surface area contributed by atoms with Gasteiger partial charge in [0.05, 0.1) is 22.8 Å². The highest BCUT2D eigenvalue weighted by Crippen LogP contribution is 2.27. The van der Waals surface area contributed by atoms with Crippen LogP contribution in [-0.2, 0) is 4.74 Å². The number of esters is 1. The van der Waals surface area contributed by atoms with Crippen molar-refractivity contribution in [3.8, 4) is 0 Å². The van der Waals surface area contributed by atoms with Crippen LogP contribution in [0.3, 0.4) is 0 Å². The number of amidine groups is 1. The van der Waals surface area contributed by atoms with Crippen molar-refractivity contribution >= 4 is 40.2 Å². The number of carbonyl (C=O) groups excluding carboxylic acids is 2. The van der Waals surface area contributed by atoms with Crippen molar-refractivity contribution in [1.29, 1.82) is 0 Å². The number of ether oxygens (including phenoxy) is 1. The van der Waals surface area contributed by atoms with E-state index in [2.05, 4.69) is 4.99 Å². The molecule has 1 amide bonds. The normalized spacial score (nSPS) is 14.8. The van der Waals surface area contributed by atoms with E-state index < -0.39 is 16.8 Å². The molecule has 1 heterocycles. The molecule has 150 valence electrons. The first-order chi connectivity index (χ1) is 13.9. The molecule has 2 aromatic rings. The fourth-order valence-corrected chi connectivity index (χ4v) is 3.75. The number of benzene rings is 2. The Labute approximate surface area is 171 Å². The molecule has 29 heavy (non-hydrogen) atoms. The van der Waals surface area contributed by atoms with Crippen molar-refractivity contribution in [1.82, 2.24) is 4.90 Å². The van der Waals surface area contributed by atoms with E-state index in [9.17, 15) is 19.7 Å². The number of nitro groups is 1. The van der Waals surface area contributed by atoms with E-state index in [4.69, 9.17) is 4.74 Å². The second-order valence-corrected chi connectivity index (χ2v) is 7.29. The van der Waals surface area contributed by atoms with Crippen LogP contribution in [0, 0.1) is 17.0 Å². The Balaban J connectivity index is 1.97. The summed E-state index contributed by atoms with van der Waals surface area (Å²) in [6.07, 6.45) is 0. The summed E-state index contributed by atoms with van der Waals surface area (Å²) in [6.45, 7) is 4.11. The van der Waals surface area contributed by atoms with Crippen molar-refractivity contribution in [2.24, 2.45) is 4.99 Å². The number of thioether (sulfide) groups is 1. The Morgan fingerprint density at radius 2 is 1.97 bits per heavy atom. The SMILES string of the molecule is CCOC(=O)c1cc(C(=O)N2CCSC2=Nc2ccccc2C)cc([N+](=O)[O-])c1. The predicted octanol–water partition coefficient (Wildman–Crippen LogP) is 3.96. The highest BCUT2D eigenvalue weighted by molar-refractivity contribution is 8.14. The van der Waals surface area contributed by atoms with Crippen LogP contribution in [0.5, 0.6) is 0 Å². The van der Waals surface area contributed by atoms with Gasteiger partial charge in [-0.15, -0.1) is 0 Å².